The molecule has 5 N–H and O–H groups in total. The Balaban J connectivity index is 0.00000107. The first-order valence-electron chi connectivity index (χ1n) is 10.2. The molecule has 1 aromatic carbocycles. The largest absolute Gasteiger partial charge is 0.483 e. The minimum Gasteiger partial charge on any atom is -0.483 e. The summed E-state index contributed by atoms with van der Waals surface area (Å²) in [5.74, 6) is -0.849. The van der Waals surface area contributed by atoms with E-state index in [1.54, 1.807) is 18.2 Å². The van der Waals surface area contributed by atoms with Crippen LogP contribution in [0.15, 0.2) is 24.3 Å². The van der Waals surface area contributed by atoms with Crippen LogP contribution in [0.3, 0.4) is 0 Å². The number of likely N-dealkylation sites (tertiary alicyclic amines) is 1. The van der Waals surface area contributed by atoms with Crippen molar-refractivity contribution in [1.29, 1.82) is 0 Å². The molecule has 1 aliphatic carbocycles. The van der Waals surface area contributed by atoms with Crippen molar-refractivity contribution in [1.82, 2.24) is 10.2 Å². The van der Waals surface area contributed by atoms with Crippen LogP contribution in [0.5, 0.6) is 5.75 Å². The van der Waals surface area contributed by atoms with Crippen molar-refractivity contribution in [3.05, 3.63) is 29.8 Å². The van der Waals surface area contributed by atoms with E-state index in [0.29, 0.717) is 19.3 Å². The number of nitrogens with zero attached hydrogens (tertiary/aromatic N) is 1. The lowest BCUT2D eigenvalue weighted by atomic mass is 9.83. The van der Waals surface area contributed by atoms with Gasteiger partial charge in [0.15, 0.2) is 6.61 Å². The van der Waals surface area contributed by atoms with E-state index < -0.39 is 24.0 Å². The molecule has 1 aromatic rings. The highest BCUT2D eigenvalue weighted by atomic mass is 16.5. The van der Waals surface area contributed by atoms with Gasteiger partial charge in [0.05, 0.1) is 17.7 Å². The number of aliphatic hydroxyl groups is 1. The lowest BCUT2D eigenvalue weighted by Gasteiger charge is -2.34. The van der Waals surface area contributed by atoms with Gasteiger partial charge in [-0.1, -0.05) is 12.1 Å². The second kappa shape index (κ2) is 11.9. The number of amides is 3. The van der Waals surface area contributed by atoms with E-state index in [2.05, 4.69) is 5.32 Å². The molecule has 2 fully saturated rings. The number of aliphatic hydroxyl groups excluding tert-OH is 1. The van der Waals surface area contributed by atoms with Crippen LogP contribution in [-0.2, 0) is 14.4 Å². The number of nitrogens with one attached hydrogen (secondary N) is 1. The normalized spacial score (nSPS) is 22.6. The van der Waals surface area contributed by atoms with Crippen molar-refractivity contribution in [2.45, 2.75) is 44.2 Å². The maximum Gasteiger partial charge on any atom is 0.290 e. The Morgan fingerprint density at radius 3 is 2.45 bits per heavy atom. The van der Waals surface area contributed by atoms with Gasteiger partial charge in [-0.15, -0.1) is 0 Å². The standard InChI is InChI=1S/C20H27N3O5.CH2O2/c21-19(26)14-5-1-2-6-17(14)28-12-18(25)22-15-8-7-13(11-16(15)24)20(27)23-9-3-4-10-23;2-1-3/h1-2,5-6,13,15-16,24H,3-4,7-12H2,(H2,21,26)(H,22,25);1H,(H,2,3)/t13-,15+,16+;/m0./s1. The topological polar surface area (TPSA) is 159 Å². The summed E-state index contributed by atoms with van der Waals surface area (Å²) in [5, 5.41) is 20.0. The number of ether oxygens (including phenoxy) is 1. The van der Waals surface area contributed by atoms with Gasteiger partial charge in [-0.05, 0) is 44.2 Å². The first-order valence-corrected chi connectivity index (χ1v) is 10.2. The molecule has 1 saturated carbocycles. The Kier molecular flexibility index (Phi) is 9.26. The van der Waals surface area contributed by atoms with Gasteiger partial charge in [-0.3, -0.25) is 19.2 Å². The first-order chi connectivity index (χ1) is 14.9. The maximum absolute atomic E-state index is 12.5. The molecule has 3 amide bonds. The van der Waals surface area contributed by atoms with Crippen molar-refractivity contribution in [3.8, 4) is 5.75 Å². The van der Waals surface area contributed by atoms with Gasteiger partial charge in [-0.2, -0.15) is 0 Å². The molecule has 0 bridgehead atoms. The SMILES string of the molecule is NC(=O)c1ccccc1OCC(=O)N[C@@H]1CC[C@H](C(=O)N2CCCC2)C[C@H]1O.O=CO. The van der Waals surface area contributed by atoms with Crippen molar-refractivity contribution < 1.29 is 34.1 Å². The van der Waals surface area contributed by atoms with Crippen LogP contribution in [0.1, 0.15) is 42.5 Å². The van der Waals surface area contributed by atoms with E-state index in [0.717, 1.165) is 25.9 Å². The molecule has 1 heterocycles. The zero-order valence-electron chi connectivity index (χ0n) is 17.2. The molecule has 0 spiro atoms. The molecule has 2 aliphatic rings. The average Bonchev–Trinajstić information content (AvgIpc) is 3.29. The smallest absolute Gasteiger partial charge is 0.290 e. The van der Waals surface area contributed by atoms with Crippen LogP contribution >= 0.6 is 0 Å². The summed E-state index contributed by atoms with van der Waals surface area (Å²) >= 11 is 0. The fourth-order valence-corrected chi connectivity index (χ4v) is 3.92. The van der Waals surface area contributed by atoms with Crippen LogP contribution < -0.4 is 15.8 Å². The molecule has 3 atom stereocenters. The summed E-state index contributed by atoms with van der Waals surface area (Å²) in [6.45, 7) is 1.06. The number of para-hydroxylation sites is 1. The quantitative estimate of drug-likeness (QED) is 0.462. The van der Waals surface area contributed by atoms with Gasteiger partial charge in [0, 0.05) is 19.0 Å². The molecule has 3 rings (SSSR count). The number of carbonyl (C=O) groups is 4. The molecule has 10 heteroatoms. The fraction of sp³-hybridized carbons (Fsp3) is 0.524. The van der Waals surface area contributed by atoms with Gasteiger partial charge in [-0.25, -0.2) is 0 Å². The number of nitrogens with two attached hydrogens (primary N) is 1. The molecule has 0 radical (unpaired) electrons. The van der Waals surface area contributed by atoms with Crippen LogP contribution in [0.25, 0.3) is 0 Å². The van der Waals surface area contributed by atoms with Gasteiger partial charge >= 0.3 is 0 Å². The van der Waals surface area contributed by atoms with E-state index >= 15 is 0 Å². The number of benzene rings is 1. The maximum atomic E-state index is 12.5. The molecule has 31 heavy (non-hydrogen) atoms. The number of rotatable bonds is 6. The molecule has 0 unspecified atom stereocenters. The summed E-state index contributed by atoms with van der Waals surface area (Å²) in [6.07, 6.45) is 2.84. The van der Waals surface area contributed by atoms with Crippen molar-refractivity contribution >= 4 is 24.2 Å². The molecular weight excluding hydrogens is 406 g/mol. The highest BCUT2D eigenvalue weighted by Crippen LogP contribution is 2.28. The first kappa shape index (κ1) is 24.1. The monoisotopic (exact) mass is 435 g/mol. The summed E-state index contributed by atoms with van der Waals surface area (Å²) in [6, 6.07) is 6.02. The Morgan fingerprint density at radius 2 is 1.84 bits per heavy atom. The van der Waals surface area contributed by atoms with E-state index in [4.69, 9.17) is 20.4 Å². The van der Waals surface area contributed by atoms with Crippen LogP contribution in [0.4, 0.5) is 0 Å². The molecule has 1 saturated heterocycles. The minimum absolute atomic E-state index is 0.118. The average molecular weight is 435 g/mol. The third-order valence-electron chi connectivity index (χ3n) is 5.44. The van der Waals surface area contributed by atoms with Crippen molar-refractivity contribution in [2.75, 3.05) is 19.7 Å². The Hall–Kier alpha value is -3.14. The molecule has 0 aromatic heterocycles. The lowest BCUT2D eigenvalue weighted by molar-refractivity contribution is -0.137. The van der Waals surface area contributed by atoms with Crippen molar-refractivity contribution in [2.24, 2.45) is 11.7 Å². The van der Waals surface area contributed by atoms with Gasteiger partial charge in [0.25, 0.3) is 18.3 Å². The van der Waals surface area contributed by atoms with Gasteiger partial charge in [0.1, 0.15) is 5.75 Å². The van der Waals surface area contributed by atoms with E-state index in [9.17, 15) is 19.5 Å². The molecular formula is C21H29N3O7. The summed E-state index contributed by atoms with van der Waals surface area (Å²) in [7, 11) is 0. The Bertz CT molecular complexity index is 780. The Morgan fingerprint density at radius 1 is 1.19 bits per heavy atom. The third kappa shape index (κ3) is 6.95. The van der Waals surface area contributed by atoms with Crippen molar-refractivity contribution in [3.63, 3.8) is 0 Å². The number of primary amides is 1. The lowest BCUT2D eigenvalue weighted by Crippen LogP contribution is -2.50. The zero-order chi connectivity index (χ0) is 22.8. The number of carboxylic acid groups (broad SMARTS) is 1. The highest BCUT2D eigenvalue weighted by Gasteiger charge is 2.36. The van der Waals surface area contributed by atoms with Crippen LogP contribution in [0, 0.1) is 5.92 Å². The molecule has 1 aliphatic heterocycles. The van der Waals surface area contributed by atoms with Gasteiger partial charge < -0.3 is 30.9 Å². The van der Waals surface area contributed by atoms with E-state index in [-0.39, 0.29) is 36.2 Å². The number of hydrogen-bond acceptors (Lipinski definition) is 6. The van der Waals surface area contributed by atoms with Crippen LogP contribution in [-0.4, -0.2) is 71.1 Å². The molecule has 170 valence electrons. The Labute approximate surface area is 180 Å². The highest BCUT2D eigenvalue weighted by molar-refractivity contribution is 5.95. The zero-order valence-corrected chi connectivity index (χ0v) is 17.2. The second-order valence-electron chi connectivity index (χ2n) is 7.54. The summed E-state index contributed by atoms with van der Waals surface area (Å²) < 4.78 is 5.41. The fourth-order valence-electron chi connectivity index (χ4n) is 3.92. The number of hydrogen-bond donors (Lipinski definition) is 4. The predicted octanol–water partition coefficient (Wildman–Crippen LogP) is 0.133. The predicted molar refractivity (Wildman–Crippen MR) is 110 cm³/mol. The summed E-state index contributed by atoms with van der Waals surface area (Å²) in [4.78, 5) is 46.3. The van der Waals surface area contributed by atoms with Gasteiger partial charge in [0.2, 0.25) is 5.91 Å². The minimum atomic E-state index is -0.771. The third-order valence-corrected chi connectivity index (χ3v) is 5.44. The second-order valence-corrected chi connectivity index (χ2v) is 7.54. The molecule has 10 nitrogen and oxygen atoms in total. The van der Waals surface area contributed by atoms with Crippen LogP contribution in [0.2, 0.25) is 0 Å². The summed E-state index contributed by atoms with van der Waals surface area (Å²) in [5.41, 5.74) is 5.49. The number of carbonyl (C=O) groups excluding carboxylic acids is 3. The van der Waals surface area contributed by atoms with E-state index in [1.165, 1.54) is 6.07 Å². The van der Waals surface area contributed by atoms with E-state index in [1.807, 2.05) is 4.90 Å².